The summed E-state index contributed by atoms with van der Waals surface area (Å²) in [6.45, 7) is 0. The van der Waals surface area contributed by atoms with Crippen molar-refractivity contribution in [1.29, 1.82) is 0 Å². The number of nitrogens with one attached hydrogen (secondary N) is 3. The molecule has 0 saturated heterocycles. The molecule has 1 heterocycles. The van der Waals surface area contributed by atoms with Crippen LogP contribution in [0, 0.1) is 0 Å². The first-order valence-corrected chi connectivity index (χ1v) is 8.74. The van der Waals surface area contributed by atoms with Gasteiger partial charge < -0.3 is 5.32 Å². The van der Waals surface area contributed by atoms with Crippen LogP contribution < -0.4 is 16.1 Å². The number of carbonyl (C=O) groups is 2. The van der Waals surface area contributed by atoms with Crippen molar-refractivity contribution in [3.63, 3.8) is 0 Å². The molecule has 3 rings (SSSR count). The lowest BCUT2D eigenvalue weighted by molar-refractivity contribution is -0.123. The minimum atomic E-state index is -0.842. The summed E-state index contributed by atoms with van der Waals surface area (Å²) in [6.07, 6.45) is 1.47. The summed E-state index contributed by atoms with van der Waals surface area (Å²) in [4.78, 5) is 28.3. The average molecular weight is 404 g/mol. The van der Waals surface area contributed by atoms with Gasteiger partial charge in [0.15, 0.2) is 0 Å². The molecule has 0 spiro atoms. The van der Waals surface area contributed by atoms with Crippen LogP contribution in [0.1, 0.15) is 12.0 Å². The van der Waals surface area contributed by atoms with Gasteiger partial charge in [0, 0.05) is 5.02 Å². The molecule has 27 heavy (non-hydrogen) atoms. The number of rotatable bonds is 5. The lowest BCUT2D eigenvalue weighted by atomic mass is 10.2. The number of guanidine groups is 1. The van der Waals surface area contributed by atoms with Crippen molar-refractivity contribution in [2.24, 2.45) is 10.1 Å². The summed E-state index contributed by atoms with van der Waals surface area (Å²) >= 11 is 11.8. The van der Waals surface area contributed by atoms with Crippen LogP contribution in [0.3, 0.4) is 0 Å². The highest BCUT2D eigenvalue weighted by atomic mass is 35.5. The van der Waals surface area contributed by atoms with Crippen molar-refractivity contribution in [3.8, 4) is 0 Å². The summed E-state index contributed by atoms with van der Waals surface area (Å²) in [6, 6.07) is 13.3. The standard InChI is InChI=1S/C18H15Cl2N5O2/c19-12-6-7-14(13(20)8-12)22-16(26)9-15-17(27)24-18(23-15)25-21-10-11-4-2-1-3-5-11/h1-8,10,15H,9H2,(H,22,26)(H2,23,24,25,27). The summed E-state index contributed by atoms with van der Waals surface area (Å²) in [7, 11) is 0. The Kier molecular flexibility index (Phi) is 6.05. The number of hydrazone groups is 1. The van der Waals surface area contributed by atoms with Crippen molar-refractivity contribution >= 4 is 52.9 Å². The Morgan fingerprint density at radius 3 is 2.74 bits per heavy atom. The average Bonchev–Trinajstić information content (AvgIpc) is 2.98. The Morgan fingerprint density at radius 2 is 2.00 bits per heavy atom. The minimum Gasteiger partial charge on any atom is -0.325 e. The molecule has 1 aliphatic rings. The normalized spacial score (nSPS) is 16.1. The summed E-state index contributed by atoms with van der Waals surface area (Å²) in [5.41, 5.74) is 3.96. The maximum absolute atomic E-state index is 12.2. The molecule has 7 nitrogen and oxygen atoms in total. The first-order valence-electron chi connectivity index (χ1n) is 7.99. The number of anilines is 1. The fourth-order valence-electron chi connectivity index (χ4n) is 2.32. The van der Waals surface area contributed by atoms with Gasteiger partial charge in [-0.3, -0.25) is 14.9 Å². The van der Waals surface area contributed by atoms with Crippen LogP contribution in [0.5, 0.6) is 0 Å². The summed E-state index contributed by atoms with van der Waals surface area (Å²) < 4.78 is 0. The maximum Gasteiger partial charge on any atom is 0.252 e. The van der Waals surface area contributed by atoms with Gasteiger partial charge in [-0.05, 0) is 23.8 Å². The molecule has 138 valence electrons. The highest BCUT2D eigenvalue weighted by molar-refractivity contribution is 6.36. The van der Waals surface area contributed by atoms with E-state index >= 15 is 0 Å². The molecule has 1 atom stereocenters. The third-order valence-corrected chi connectivity index (χ3v) is 4.14. The highest BCUT2D eigenvalue weighted by Crippen LogP contribution is 2.25. The van der Waals surface area contributed by atoms with E-state index in [9.17, 15) is 9.59 Å². The van der Waals surface area contributed by atoms with Crippen molar-refractivity contribution in [1.82, 2.24) is 10.7 Å². The Bertz CT molecular complexity index is 915. The lowest BCUT2D eigenvalue weighted by Gasteiger charge is -2.08. The van der Waals surface area contributed by atoms with E-state index in [0.29, 0.717) is 15.7 Å². The van der Waals surface area contributed by atoms with Crippen molar-refractivity contribution in [2.45, 2.75) is 12.5 Å². The fraction of sp³-hybridized carbons (Fsp3) is 0.111. The first-order chi connectivity index (χ1) is 13.0. The summed E-state index contributed by atoms with van der Waals surface area (Å²) in [5, 5.41) is 9.96. The minimum absolute atomic E-state index is 0.127. The van der Waals surface area contributed by atoms with Gasteiger partial charge in [-0.1, -0.05) is 53.5 Å². The molecule has 0 radical (unpaired) electrons. The quantitative estimate of drug-likeness (QED) is 0.528. The lowest BCUT2D eigenvalue weighted by Crippen LogP contribution is -2.35. The molecular weight excluding hydrogens is 389 g/mol. The summed E-state index contributed by atoms with van der Waals surface area (Å²) in [5.74, 6) is -0.587. The predicted molar refractivity (Wildman–Crippen MR) is 106 cm³/mol. The zero-order valence-electron chi connectivity index (χ0n) is 13.9. The SMILES string of the molecule is O=C(CC1N=C(NN=Cc2ccccc2)NC1=O)Nc1ccc(Cl)cc1Cl. The topological polar surface area (TPSA) is 94.9 Å². The largest absolute Gasteiger partial charge is 0.325 e. The predicted octanol–water partition coefficient (Wildman–Crippen LogP) is 2.80. The number of benzene rings is 2. The molecule has 2 aromatic rings. The van der Waals surface area contributed by atoms with E-state index in [1.165, 1.54) is 6.07 Å². The smallest absolute Gasteiger partial charge is 0.252 e. The molecule has 2 aromatic carbocycles. The van der Waals surface area contributed by atoms with Crippen LogP contribution in [0.15, 0.2) is 58.6 Å². The van der Waals surface area contributed by atoms with E-state index in [-0.39, 0.29) is 18.3 Å². The van der Waals surface area contributed by atoms with Crippen LogP contribution in [-0.4, -0.2) is 30.0 Å². The van der Waals surface area contributed by atoms with Crippen LogP contribution in [0.4, 0.5) is 5.69 Å². The van der Waals surface area contributed by atoms with E-state index in [0.717, 1.165) is 5.56 Å². The van der Waals surface area contributed by atoms with Gasteiger partial charge in [0.1, 0.15) is 6.04 Å². The molecule has 0 fully saturated rings. The number of carbonyl (C=O) groups excluding carboxylic acids is 2. The number of amides is 2. The molecule has 9 heteroatoms. The number of halogens is 2. The number of aliphatic imine (C=N–C) groups is 1. The molecule has 1 aliphatic heterocycles. The molecule has 1 unspecified atom stereocenters. The van der Waals surface area contributed by atoms with E-state index in [1.807, 2.05) is 30.3 Å². The molecule has 0 bridgehead atoms. The van der Waals surface area contributed by atoms with Gasteiger partial charge in [-0.25, -0.2) is 10.4 Å². The molecule has 3 N–H and O–H groups in total. The van der Waals surface area contributed by atoms with Crippen LogP contribution in [0.2, 0.25) is 10.0 Å². The third-order valence-electron chi connectivity index (χ3n) is 3.60. The van der Waals surface area contributed by atoms with Gasteiger partial charge in [0.25, 0.3) is 5.91 Å². The fourth-order valence-corrected chi connectivity index (χ4v) is 2.77. The second kappa shape index (κ2) is 8.66. The monoisotopic (exact) mass is 403 g/mol. The second-order valence-electron chi connectivity index (χ2n) is 5.64. The third kappa shape index (κ3) is 5.29. The Labute approximate surface area is 165 Å². The van der Waals surface area contributed by atoms with Gasteiger partial charge >= 0.3 is 0 Å². The number of nitrogens with zero attached hydrogens (tertiary/aromatic N) is 2. The Balaban J connectivity index is 1.55. The van der Waals surface area contributed by atoms with Crippen LogP contribution in [-0.2, 0) is 9.59 Å². The first kappa shape index (κ1) is 18.9. The van der Waals surface area contributed by atoms with Crippen LogP contribution in [0.25, 0.3) is 0 Å². The van der Waals surface area contributed by atoms with E-state index < -0.39 is 11.9 Å². The van der Waals surface area contributed by atoms with Gasteiger partial charge in [-0.2, -0.15) is 5.10 Å². The molecule has 2 amide bonds. The van der Waals surface area contributed by atoms with E-state index in [2.05, 4.69) is 26.2 Å². The molecule has 0 aromatic heterocycles. The Hall–Kier alpha value is -2.90. The molecular formula is C18H15Cl2N5O2. The highest BCUT2D eigenvalue weighted by Gasteiger charge is 2.28. The van der Waals surface area contributed by atoms with E-state index in [1.54, 1.807) is 18.3 Å². The second-order valence-corrected chi connectivity index (χ2v) is 6.48. The molecule has 0 saturated carbocycles. The van der Waals surface area contributed by atoms with Gasteiger partial charge in [-0.15, -0.1) is 0 Å². The van der Waals surface area contributed by atoms with Crippen molar-refractivity contribution < 1.29 is 9.59 Å². The van der Waals surface area contributed by atoms with Crippen molar-refractivity contribution in [2.75, 3.05) is 5.32 Å². The maximum atomic E-state index is 12.2. The number of hydrogen-bond donors (Lipinski definition) is 3. The van der Waals surface area contributed by atoms with Crippen molar-refractivity contribution in [3.05, 3.63) is 64.1 Å². The number of hydrogen-bond acceptors (Lipinski definition) is 5. The molecule has 0 aliphatic carbocycles. The zero-order chi connectivity index (χ0) is 19.2. The zero-order valence-corrected chi connectivity index (χ0v) is 15.5. The van der Waals surface area contributed by atoms with Gasteiger partial charge in [0.05, 0.1) is 23.3 Å². The Morgan fingerprint density at radius 1 is 1.22 bits per heavy atom. The van der Waals surface area contributed by atoms with E-state index in [4.69, 9.17) is 23.2 Å². The van der Waals surface area contributed by atoms with Gasteiger partial charge in [0.2, 0.25) is 11.9 Å². The van der Waals surface area contributed by atoms with Crippen LogP contribution >= 0.6 is 23.2 Å².